The lowest BCUT2D eigenvalue weighted by Gasteiger charge is -2.02. The van der Waals surface area contributed by atoms with E-state index in [9.17, 15) is 8.42 Å². The van der Waals surface area contributed by atoms with Gasteiger partial charge in [-0.3, -0.25) is 0 Å². The number of aryl methyl sites for hydroxylation is 1. The number of rotatable bonds is 4. The van der Waals surface area contributed by atoms with Crippen LogP contribution >= 0.6 is 11.6 Å². The van der Waals surface area contributed by atoms with Gasteiger partial charge in [-0.05, 0) is 36.8 Å². The molecule has 0 atom stereocenters. The second kappa shape index (κ2) is 6.25. The van der Waals surface area contributed by atoms with Crippen molar-refractivity contribution in [2.75, 3.05) is 5.75 Å². The lowest BCUT2D eigenvalue weighted by Crippen LogP contribution is -2.04. The SMILES string of the molecule is Cc1ccc(S(=O)(=O)CC=Cc2ccc(Cl)cc2)cc1. The second-order valence-electron chi connectivity index (χ2n) is 4.55. The zero-order valence-electron chi connectivity index (χ0n) is 11.1. The summed E-state index contributed by atoms with van der Waals surface area (Å²) in [4.78, 5) is 0.351. The molecule has 0 unspecified atom stereocenters. The average molecular weight is 307 g/mol. The van der Waals surface area contributed by atoms with E-state index in [4.69, 9.17) is 11.6 Å². The Kier molecular flexibility index (Phi) is 4.63. The van der Waals surface area contributed by atoms with Gasteiger partial charge in [-0.15, -0.1) is 0 Å². The van der Waals surface area contributed by atoms with E-state index in [2.05, 4.69) is 0 Å². The van der Waals surface area contributed by atoms with Crippen molar-refractivity contribution >= 4 is 27.5 Å². The van der Waals surface area contributed by atoms with Gasteiger partial charge in [-0.1, -0.05) is 53.6 Å². The second-order valence-corrected chi connectivity index (χ2v) is 7.02. The van der Waals surface area contributed by atoms with Crippen molar-refractivity contribution in [1.29, 1.82) is 0 Å². The molecule has 0 bridgehead atoms. The molecule has 2 aromatic rings. The summed E-state index contributed by atoms with van der Waals surface area (Å²) in [6.07, 6.45) is 3.43. The molecule has 2 aromatic carbocycles. The largest absolute Gasteiger partial charge is 0.223 e. The third-order valence-electron chi connectivity index (χ3n) is 2.88. The van der Waals surface area contributed by atoms with Gasteiger partial charge in [0.25, 0.3) is 0 Å². The molecule has 0 heterocycles. The minimum absolute atomic E-state index is 0.0152. The average Bonchev–Trinajstić information content (AvgIpc) is 2.41. The molecule has 0 spiro atoms. The minimum atomic E-state index is -3.27. The van der Waals surface area contributed by atoms with Crippen molar-refractivity contribution in [2.24, 2.45) is 0 Å². The summed E-state index contributed by atoms with van der Waals surface area (Å²) in [7, 11) is -3.27. The highest BCUT2D eigenvalue weighted by atomic mass is 35.5. The van der Waals surface area contributed by atoms with E-state index in [1.165, 1.54) is 0 Å². The molecule has 0 aromatic heterocycles. The van der Waals surface area contributed by atoms with E-state index < -0.39 is 9.84 Å². The smallest absolute Gasteiger partial charge is 0.181 e. The quantitative estimate of drug-likeness (QED) is 0.851. The number of halogens is 1. The Morgan fingerprint density at radius 2 is 1.60 bits per heavy atom. The highest BCUT2D eigenvalue weighted by Crippen LogP contribution is 2.14. The van der Waals surface area contributed by atoms with E-state index in [0.29, 0.717) is 9.92 Å². The summed E-state index contributed by atoms with van der Waals surface area (Å²) in [5.41, 5.74) is 1.97. The van der Waals surface area contributed by atoms with E-state index in [1.807, 2.05) is 19.1 Å². The minimum Gasteiger partial charge on any atom is -0.223 e. The van der Waals surface area contributed by atoms with Crippen molar-refractivity contribution in [2.45, 2.75) is 11.8 Å². The first-order valence-electron chi connectivity index (χ1n) is 6.19. The molecule has 0 saturated carbocycles. The van der Waals surface area contributed by atoms with Crippen molar-refractivity contribution in [3.8, 4) is 0 Å². The molecule has 0 aliphatic heterocycles. The molecule has 0 N–H and O–H groups in total. The van der Waals surface area contributed by atoms with Gasteiger partial charge >= 0.3 is 0 Å². The van der Waals surface area contributed by atoms with Crippen LogP contribution in [0.1, 0.15) is 11.1 Å². The van der Waals surface area contributed by atoms with Crippen LogP contribution in [0.3, 0.4) is 0 Å². The van der Waals surface area contributed by atoms with Crippen LogP contribution in [0.5, 0.6) is 0 Å². The Balaban J connectivity index is 2.09. The Bertz CT molecular complexity index is 699. The van der Waals surface area contributed by atoms with Gasteiger partial charge in [-0.25, -0.2) is 8.42 Å². The molecule has 20 heavy (non-hydrogen) atoms. The first kappa shape index (κ1) is 14.8. The van der Waals surface area contributed by atoms with Crippen molar-refractivity contribution in [3.63, 3.8) is 0 Å². The summed E-state index contributed by atoms with van der Waals surface area (Å²) in [6.45, 7) is 1.93. The predicted octanol–water partition coefficient (Wildman–Crippen LogP) is 4.14. The maximum atomic E-state index is 12.1. The molecule has 0 fully saturated rings. The highest BCUT2D eigenvalue weighted by Gasteiger charge is 2.11. The molecule has 0 radical (unpaired) electrons. The van der Waals surface area contributed by atoms with E-state index >= 15 is 0 Å². The topological polar surface area (TPSA) is 34.1 Å². The maximum Gasteiger partial charge on any atom is 0.181 e. The first-order chi connectivity index (χ1) is 9.47. The van der Waals surface area contributed by atoms with Gasteiger partial charge in [0, 0.05) is 5.02 Å². The van der Waals surface area contributed by atoms with Crippen LogP contribution in [-0.4, -0.2) is 14.2 Å². The fraction of sp³-hybridized carbons (Fsp3) is 0.125. The fourth-order valence-electron chi connectivity index (χ4n) is 1.73. The number of hydrogen-bond acceptors (Lipinski definition) is 2. The third-order valence-corrected chi connectivity index (χ3v) is 4.75. The van der Waals surface area contributed by atoms with Gasteiger partial charge < -0.3 is 0 Å². The van der Waals surface area contributed by atoms with Gasteiger partial charge in [0.2, 0.25) is 0 Å². The Morgan fingerprint density at radius 3 is 2.20 bits per heavy atom. The summed E-state index contributed by atoms with van der Waals surface area (Å²) in [5.74, 6) is -0.0152. The van der Waals surface area contributed by atoms with Crippen molar-refractivity contribution in [1.82, 2.24) is 0 Å². The number of benzene rings is 2. The standard InChI is InChI=1S/C16H15ClO2S/c1-13-4-10-16(11-5-13)20(18,19)12-2-3-14-6-8-15(17)9-7-14/h2-11H,12H2,1H3. The molecule has 4 heteroatoms. The van der Waals surface area contributed by atoms with Crippen LogP contribution in [-0.2, 0) is 9.84 Å². The first-order valence-corrected chi connectivity index (χ1v) is 8.22. The molecule has 2 nitrogen and oxygen atoms in total. The normalized spacial score (nSPS) is 11.9. The molecular weight excluding hydrogens is 292 g/mol. The van der Waals surface area contributed by atoms with Crippen LogP contribution in [0.4, 0.5) is 0 Å². The molecule has 2 rings (SSSR count). The summed E-state index contributed by atoms with van der Waals surface area (Å²) in [5, 5.41) is 0.662. The van der Waals surface area contributed by atoms with E-state index in [0.717, 1.165) is 11.1 Å². The summed E-state index contributed by atoms with van der Waals surface area (Å²) in [6, 6.07) is 14.1. The van der Waals surface area contributed by atoms with E-state index in [-0.39, 0.29) is 5.75 Å². The zero-order valence-corrected chi connectivity index (χ0v) is 12.7. The van der Waals surface area contributed by atoms with Crippen LogP contribution in [0.25, 0.3) is 6.08 Å². The number of hydrogen-bond donors (Lipinski definition) is 0. The predicted molar refractivity (Wildman–Crippen MR) is 83.7 cm³/mol. The molecule has 0 amide bonds. The van der Waals surface area contributed by atoms with Crippen molar-refractivity contribution in [3.05, 3.63) is 70.8 Å². The summed E-state index contributed by atoms with van der Waals surface area (Å²) < 4.78 is 24.2. The third kappa shape index (κ3) is 3.95. The Hall–Kier alpha value is -1.58. The number of sulfone groups is 1. The molecule has 0 aliphatic rings. The maximum absolute atomic E-state index is 12.1. The van der Waals surface area contributed by atoms with Crippen LogP contribution in [0.2, 0.25) is 5.02 Å². The zero-order chi connectivity index (χ0) is 14.6. The monoisotopic (exact) mass is 306 g/mol. The van der Waals surface area contributed by atoms with Gasteiger partial charge in [0.1, 0.15) is 0 Å². The van der Waals surface area contributed by atoms with Gasteiger partial charge in [-0.2, -0.15) is 0 Å². The lowest BCUT2D eigenvalue weighted by molar-refractivity contribution is 0.599. The van der Waals surface area contributed by atoms with Gasteiger partial charge in [0.15, 0.2) is 9.84 Å². The van der Waals surface area contributed by atoms with Crippen molar-refractivity contribution < 1.29 is 8.42 Å². The lowest BCUT2D eigenvalue weighted by atomic mass is 10.2. The highest BCUT2D eigenvalue weighted by molar-refractivity contribution is 7.91. The molecule has 0 saturated heterocycles. The molecular formula is C16H15ClO2S. The molecule has 104 valence electrons. The van der Waals surface area contributed by atoms with E-state index in [1.54, 1.807) is 48.6 Å². The molecule has 0 aliphatic carbocycles. The Labute approximate surface area is 124 Å². The van der Waals surface area contributed by atoms with Crippen LogP contribution < -0.4 is 0 Å². The van der Waals surface area contributed by atoms with Gasteiger partial charge in [0.05, 0.1) is 10.6 Å². The fourth-order valence-corrected chi connectivity index (χ4v) is 2.95. The Morgan fingerprint density at radius 1 is 1.00 bits per heavy atom. The van der Waals surface area contributed by atoms with Crippen LogP contribution in [0, 0.1) is 6.92 Å². The van der Waals surface area contributed by atoms with Crippen LogP contribution in [0.15, 0.2) is 59.5 Å². The summed E-state index contributed by atoms with van der Waals surface area (Å²) >= 11 is 5.79.